The normalized spacial score (nSPS) is 19.4. The van der Waals surface area contributed by atoms with Gasteiger partial charge in [0.1, 0.15) is 0 Å². The Labute approximate surface area is 113 Å². The van der Waals surface area contributed by atoms with E-state index in [0.29, 0.717) is 12.5 Å². The van der Waals surface area contributed by atoms with E-state index in [-0.39, 0.29) is 5.56 Å². The Morgan fingerprint density at radius 3 is 2.74 bits per heavy atom. The Balaban J connectivity index is 2.06. The Morgan fingerprint density at radius 1 is 1.37 bits per heavy atom. The van der Waals surface area contributed by atoms with Gasteiger partial charge in [-0.25, -0.2) is 0 Å². The van der Waals surface area contributed by atoms with Gasteiger partial charge in [-0.15, -0.1) is 0 Å². The summed E-state index contributed by atoms with van der Waals surface area (Å²) >= 11 is 1.81. The van der Waals surface area contributed by atoms with E-state index in [4.69, 9.17) is 0 Å². The van der Waals surface area contributed by atoms with E-state index in [1.54, 1.807) is 11.8 Å². The average Bonchev–Trinajstić information content (AvgIpc) is 2.88. The fourth-order valence-electron chi connectivity index (χ4n) is 2.00. The Morgan fingerprint density at radius 2 is 2.11 bits per heavy atom. The molecule has 1 fully saturated rings. The molecule has 0 radical (unpaired) electrons. The van der Waals surface area contributed by atoms with Gasteiger partial charge in [-0.05, 0) is 36.0 Å². The number of amides is 1. The highest BCUT2D eigenvalue weighted by Crippen LogP contribution is 2.31. The Kier molecular flexibility index (Phi) is 4.39. The van der Waals surface area contributed by atoms with Crippen molar-refractivity contribution in [2.45, 2.75) is 12.6 Å². The summed E-state index contributed by atoms with van der Waals surface area (Å²) in [5, 5.41) is 2.60. The van der Waals surface area contributed by atoms with Crippen LogP contribution < -0.4 is 5.32 Å². The number of rotatable bonds is 3. The standard InChI is InChI=1S/C13H14F3NOS/c14-13(15,16)11-4-2-1-3-10(11)12(18)17-7-9-5-6-19-8-9/h1-4,9H,5-8H2,(H,17,18)/t9-/m0/s1. The summed E-state index contributed by atoms with van der Waals surface area (Å²) in [6, 6.07) is 4.87. The minimum absolute atomic E-state index is 0.305. The van der Waals surface area contributed by atoms with Crippen LogP contribution in [0.5, 0.6) is 0 Å². The van der Waals surface area contributed by atoms with Gasteiger partial charge in [0.25, 0.3) is 5.91 Å². The number of hydrogen-bond donors (Lipinski definition) is 1. The molecule has 0 unspecified atom stereocenters. The van der Waals surface area contributed by atoms with Crippen molar-refractivity contribution >= 4 is 17.7 Å². The lowest BCUT2D eigenvalue weighted by Gasteiger charge is -2.14. The van der Waals surface area contributed by atoms with Crippen LogP contribution in [0.25, 0.3) is 0 Å². The molecular weight excluding hydrogens is 275 g/mol. The summed E-state index contributed by atoms with van der Waals surface area (Å²) in [5.74, 6) is 1.73. The molecule has 2 nitrogen and oxygen atoms in total. The molecule has 1 amide bonds. The summed E-state index contributed by atoms with van der Waals surface area (Å²) in [7, 11) is 0. The molecule has 0 spiro atoms. The molecule has 104 valence electrons. The van der Waals surface area contributed by atoms with Crippen molar-refractivity contribution in [1.29, 1.82) is 0 Å². The van der Waals surface area contributed by atoms with Crippen LogP contribution >= 0.6 is 11.8 Å². The van der Waals surface area contributed by atoms with Crippen LogP contribution in [0.2, 0.25) is 0 Å². The number of benzene rings is 1. The van der Waals surface area contributed by atoms with E-state index in [1.165, 1.54) is 18.2 Å². The quantitative estimate of drug-likeness (QED) is 0.926. The predicted octanol–water partition coefficient (Wildman–Crippen LogP) is 3.19. The molecular formula is C13H14F3NOS. The van der Waals surface area contributed by atoms with Crippen LogP contribution in [0.4, 0.5) is 13.2 Å². The maximum atomic E-state index is 12.8. The first kappa shape index (κ1) is 14.2. The fraction of sp³-hybridized carbons (Fsp3) is 0.462. The van der Waals surface area contributed by atoms with Crippen LogP contribution in [0.1, 0.15) is 22.3 Å². The van der Waals surface area contributed by atoms with E-state index >= 15 is 0 Å². The fourth-order valence-corrected chi connectivity index (χ4v) is 3.29. The van der Waals surface area contributed by atoms with E-state index in [1.807, 2.05) is 0 Å². The molecule has 1 heterocycles. The number of hydrogen-bond acceptors (Lipinski definition) is 2. The van der Waals surface area contributed by atoms with Crippen molar-refractivity contribution < 1.29 is 18.0 Å². The maximum absolute atomic E-state index is 12.8. The summed E-state index contributed by atoms with van der Waals surface area (Å²) in [6.45, 7) is 0.442. The number of thioether (sulfide) groups is 1. The second kappa shape index (κ2) is 5.86. The van der Waals surface area contributed by atoms with Crippen molar-refractivity contribution in [1.82, 2.24) is 5.32 Å². The van der Waals surface area contributed by atoms with Gasteiger partial charge in [-0.3, -0.25) is 4.79 Å². The van der Waals surface area contributed by atoms with Gasteiger partial charge in [-0.2, -0.15) is 24.9 Å². The largest absolute Gasteiger partial charge is 0.417 e. The van der Waals surface area contributed by atoms with Crippen LogP contribution in [0.3, 0.4) is 0 Å². The first-order valence-corrected chi connectivity index (χ1v) is 7.16. The van der Waals surface area contributed by atoms with E-state index < -0.39 is 17.6 Å². The zero-order valence-electron chi connectivity index (χ0n) is 10.2. The Bertz CT molecular complexity index is 455. The molecule has 1 saturated heterocycles. The average molecular weight is 289 g/mol. The zero-order chi connectivity index (χ0) is 13.9. The zero-order valence-corrected chi connectivity index (χ0v) is 11.0. The van der Waals surface area contributed by atoms with Crippen molar-refractivity contribution in [3.63, 3.8) is 0 Å². The highest BCUT2D eigenvalue weighted by molar-refractivity contribution is 7.99. The van der Waals surface area contributed by atoms with Crippen LogP contribution in [0.15, 0.2) is 24.3 Å². The lowest BCUT2D eigenvalue weighted by molar-refractivity contribution is -0.137. The molecule has 19 heavy (non-hydrogen) atoms. The van der Waals surface area contributed by atoms with Crippen LogP contribution in [-0.2, 0) is 6.18 Å². The summed E-state index contributed by atoms with van der Waals surface area (Å²) in [4.78, 5) is 11.9. The smallest absolute Gasteiger partial charge is 0.352 e. The van der Waals surface area contributed by atoms with Crippen molar-refractivity contribution in [3.05, 3.63) is 35.4 Å². The van der Waals surface area contributed by atoms with E-state index in [9.17, 15) is 18.0 Å². The minimum atomic E-state index is -4.50. The van der Waals surface area contributed by atoms with E-state index in [0.717, 1.165) is 24.0 Å². The first-order chi connectivity index (χ1) is 8.98. The van der Waals surface area contributed by atoms with Crippen molar-refractivity contribution in [3.8, 4) is 0 Å². The highest BCUT2D eigenvalue weighted by Gasteiger charge is 2.34. The van der Waals surface area contributed by atoms with Gasteiger partial charge in [-0.1, -0.05) is 12.1 Å². The van der Waals surface area contributed by atoms with Gasteiger partial charge in [0.2, 0.25) is 0 Å². The van der Waals surface area contributed by atoms with E-state index in [2.05, 4.69) is 5.32 Å². The second-order valence-corrected chi connectivity index (χ2v) is 5.63. The topological polar surface area (TPSA) is 29.1 Å². The molecule has 6 heteroatoms. The van der Waals surface area contributed by atoms with Gasteiger partial charge in [0.15, 0.2) is 0 Å². The Hall–Kier alpha value is -1.17. The number of alkyl halides is 3. The lowest BCUT2D eigenvalue weighted by atomic mass is 10.1. The lowest BCUT2D eigenvalue weighted by Crippen LogP contribution is -2.30. The number of nitrogens with one attached hydrogen (secondary N) is 1. The van der Waals surface area contributed by atoms with Gasteiger partial charge < -0.3 is 5.32 Å². The van der Waals surface area contributed by atoms with Crippen molar-refractivity contribution in [2.75, 3.05) is 18.1 Å². The summed E-state index contributed by atoms with van der Waals surface area (Å²) < 4.78 is 38.3. The highest BCUT2D eigenvalue weighted by atomic mass is 32.2. The molecule has 1 aliphatic rings. The second-order valence-electron chi connectivity index (χ2n) is 4.48. The van der Waals surface area contributed by atoms with Crippen LogP contribution in [-0.4, -0.2) is 24.0 Å². The molecule has 0 aromatic heterocycles. The maximum Gasteiger partial charge on any atom is 0.417 e. The molecule has 0 saturated carbocycles. The summed E-state index contributed by atoms with van der Waals surface area (Å²) in [5.41, 5.74) is -1.19. The molecule has 1 aromatic rings. The monoisotopic (exact) mass is 289 g/mol. The minimum Gasteiger partial charge on any atom is -0.352 e. The molecule has 2 rings (SSSR count). The molecule has 1 aromatic carbocycles. The SMILES string of the molecule is O=C(NC[C@@H]1CCSC1)c1ccccc1C(F)(F)F. The van der Waals surface area contributed by atoms with Crippen LogP contribution in [0, 0.1) is 5.92 Å². The van der Waals surface area contributed by atoms with Gasteiger partial charge in [0.05, 0.1) is 11.1 Å². The molecule has 0 bridgehead atoms. The molecule has 1 N–H and O–H groups in total. The number of carbonyl (C=O) groups excluding carboxylic acids is 1. The first-order valence-electron chi connectivity index (χ1n) is 6.00. The predicted molar refractivity (Wildman–Crippen MR) is 69.2 cm³/mol. The van der Waals surface area contributed by atoms with Crippen molar-refractivity contribution in [2.24, 2.45) is 5.92 Å². The molecule has 0 aliphatic carbocycles. The summed E-state index contributed by atoms with van der Waals surface area (Å²) in [6.07, 6.45) is -3.50. The number of halogens is 3. The third kappa shape index (κ3) is 3.65. The van der Waals surface area contributed by atoms with Gasteiger partial charge in [0, 0.05) is 6.54 Å². The third-order valence-corrected chi connectivity index (χ3v) is 4.28. The molecule has 1 atom stereocenters. The van der Waals surface area contributed by atoms with Gasteiger partial charge >= 0.3 is 6.18 Å². The molecule has 1 aliphatic heterocycles. The third-order valence-electron chi connectivity index (χ3n) is 3.05. The number of carbonyl (C=O) groups is 1.